The zero-order valence-electron chi connectivity index (χ0n) is 7.15. The SMILES string of the molecule is CC.CC(C)CCCS. The second kappa shape index (κ2) is 11.2. The third-order valence-corrected chi connectivity index (χ3v) is 1.26. The van der Waals surface area contributed by atoms with Gasteiger partial charge in [-0.3, -0.25) is 0 Å². The van der Waals surface area contributed by atoms with Crippen molar-refractivity contribution < 1.29 is 0 Å². The average molecular weight is 148 g/mol. The van der Waals surface area contributed by atoms with Crippen molar-refractivity contribution in [1.29, 1.82) is 0 Å². The quantitative estimate of drug-likeness (QED) is 0.583. The topological polar surface area (TPSA) is 0 Å². The molecule has 1 heteroatoms. The van der Waals surface area contributed by atoms with E-state index in [1.54, 1.807) is 0 Å². The van der Waals surface area contributed by atoms with E-state index in [-0.39, 0.29) is 0 Å². The Hall–Kier alpha value is 0.350. The van der Waals surface area contributed by atoms with E-state index >= 15 is 0 Å². The summed E-state index contributed by atoms with van der Waals surface area (Å²) in [6.07, 6.45) is 2.59. The molecule has 0 bridgehead atoms. The minimum absolute atomic E-state index is 0.854. The van der Waals surface area contributed by atoms with Gasteiger partial charge in [0.15, 0.2) is 0 Å². The minimum atomic E-state index is 0.854. The Bertz CT molecular complexity index is 33.5. The Morgan fingerprint density at radius 2 is 1.67 bits per heavy atom. The highest BCUT2D eigenvalue weighted by molar-refractivity contribution is 7.80. The van der Waals surface area contributed by atoms with E-state index in [1.165, 1.54) is 12.8 Å². The van der Waals surface area contributed by atoms with Crippen LogP contribution in [0.3, 0.4) is 0 Å². The molecule has 0 atom stereocenters. The van der Waals surface area contributed by atoms with Crippen LogP contribution in [0.15, 0.2) is 0 Å². The van der Waals surface area contributed by atoms with Gasteiger partial charge in [-0.2, -0.15) is 12.6 Å². The second-order valence-corrected chi connectivity index (χ2v) is 2.71. The summed E-state index contributed by atoms with van der Waals surface area (Å²) in [6.45, 7) is 8.48. The third-order valence-electron chi connectivity index (χ3n) is 0.940. The largest absolute Gasteiger partial charge is 0.179 e. The van der Waals surface area contributed by atoms with Crippen LogP contribution >= 0.6 is 12.6 Å². The van der Waals surface area contributed by atoms with Crippen molar-refractivity contribution in [1.82, 2.24) is 0 Å². The first-order chi connectivity index (χ1) is 4.27. The second-order valence-electron chi connectivity index (χ2n) is 2.26. The third kappa shape index (κ3) is 17.8. The molecule has 0 amide bonds. The summed E-state index contributed by atoms with van der Waals surface area (Å²) in [5.74, 6) is 1.89. The van der Waals surface area contributed by atoms with Crippen molar-refractivity contribution >= 4 is 12.6 Å². The van der Waals surface area contributed by atoms with Crippen LogP contribution in [-0.4, -0.2) is 5.75 Å². The summed E-state index contributed by atoms with van der Waals surface area (Å²) in [7, 11) is 0. The summed E-state index contributed by atoms with van der Waals surface area (Å²) >= 11 is 4.10. The van der Waals surface area contributed by atoms with E-state index in [1.807, 2.05) is 13.8 Å². The highest BCUT2D eigenvalue weighted by Crippen LogP contribution is 2.02. The number of hydrogen-bond donors (Lipinski definition) is 1. The zero-order valence-corrected chi connectivity index (χ0v) is 8.04. The molecule has 0 aliphatic heterocycles. The van der Waals surface area contributed by atoms with E-state index in [0.29, 0.717) is 0 Å². The predicted octanol–water partition coefficient (Wildman–Crippen LogP) is 3.38. The maximum absolute atomic E-state index is 4.10. The van der Waals surface area contributed by atoms with Gasteiger partial charge in [-0.25, -0.2) is 0 Å². The fourth-order valence-electron chi connectivity index (χ4n) is 0.500. The van der Waals surface area contributed by atoms with Gasteiger partial charge in [0, 0.05) is 0 Å². The van der Waals surface area contributed by atoms with Gasteiger partial charge < -0.3 is 0 Å². The van der Waals surface area contributed by atoms with Crippen LogP contribution in [0.1, 0.15) is 40.5 Å². The van der Waals surface area contributed by atoms with Gasteiger partial charge in [0.25, 0.3) is 0 Å². The van der Waals surface area contributed by atoms with E-state index in [2.05, 4.69) is 26.5 Å². The molecule has 0 N–H and O–H groups in total. The van der Waals surface area contributed by atoms with Crippen LogP contribution < -0.4 is 0 Å². The lowest BCUT2D eigenvalue weighted by Gasteiger charge is -1.98. The van der Waals surface area contributed by atoms with E-state index in [9.17, 15) is 0 Å². The summed E-state index contributed by atoms with van der Waals surface area (Å²) in [6, 6.07) is 0. The molecule has 0 saturated heterocycles. The first-order valence-corrected chi connectivity index (χ1v) is 4.51. The van der Waals surface area contributed by atoms with Crippen LogP contribution in [-0.2, 0) is 0 Å². The van der Waals surface area contributed by atoms with Gasteiger partial charge in [0.05, 0.1) is 0 Å². The summed E-state index contributed by atoms with van der Waals surface area (Å²) in [5.41, 5.74) is 0. The Balaban J connectivity index is 0. The molecule has 0 aromatic heterocycles. The van der Waals surface area contributed by atoms with Crippen LogP contribution in [0, 0.1) is 5.92 Å². The standard InChI is InChI=1S/C6H14S.C2H6/c1-6(2)4-3-5-7;1-2/h6-7H,3-5H2,1-2H3;1-2H3. The lowest BCUT2D eigenvalue weighted by atomic mass is 10.1. The Labute approximate surface area is 65.5 Å². The lowest BCUT2D eigenvalue weighted by Crippen LogP contribution is -1.85. The minimum Gasteiger partial charge on any atom is -0.179 e. The molecule has 0 radical (unpaired) electrons. The highest BCUT2D eigenvalue weighted by Gasteiger charge is 1.89. The van der Waals surface area contributed by atoms with Gasteiger partial charge in [-0.15, -0.1) is 0 Å². The van der Waals surface area contributed by atoms with Crippen molar-refractivity contribution in [2.45, 2.75) is 40.5 Å². The fraction of sp³-hybridized carbons (Fsp3) is 1.00. The highest BCUT2D eigenvalue weighted by atomic mass is 32.1. The Morgan fingerprint density at radius 3 is 1.78 bits per heavy atom. The van der Waals surface area contributed by atoms with Crippen molar-refractivity contribution in [3.05, 3.63) is 0 Å². The van der Waals surface area contributed by atoms with Gasteiger partial charge in [-0.1, -0.05) is 34.1 Å². The molecule has 0 rings (SSSR count). The molecule has 0 unspecified atom stereocenters. The van der Waals surface area contributed by atoms with Crippen molar-refractivity contribution in [2.75, 3.05) is 5.75 Å². The molecular weight excluding hydrogens is 128 g/mol. The van der Waals surface area contributed by atoms with E-state index < -0.39 is 0 Å². The maximum atomic E-state index is 4.10. The average Bonchev–Trinajstić information content (AvgIpc) is 1.88. The van der Waals surface area contributed by atoms with E-state index in [4.69, 9.17) is 0 Å². The number of thiol groups is 1. The molecule has 0 aromatic rings. The van der Waals surface area contributed by atoms with Gasteiger partial charge in [0.2, 0.25) is 0 Å². The van der Waals surface area contributed by atoms with Gasteiger partial charge >= 0.3 is 0 Å². The first kappa shape index (κ1) is 12.1. The zero-order chi connectivity index (χ0) is 7.70. The molecule has 9 heavy (non-hydrogen) atoms. The molecule has 0 aromatic carbocycles. The molecule has 0 aliphatic rings. The smallest absolute Gasteiger partial charge is 0.00978 e. The maximum Gasteiger partial charge on any atom is -0.00978 e. The summed E-state index contributed by atoms with van der Waals surface area (Å²) < 4.78 is 0. The van der Waals surface area contributed by atoms with Crippen LogP contribution in [0.2, 0.25) is 0 Å². The van der Waals surface area contributed by atoms with Crippen LogP contribution in [0.25, 0.3) is 0 Å². The van der Waals surface area contributed by atoms with Crippen molar-refractivity contribution in [3.8, 4) is 0 Å². The molecule has 58 valence electrons. The van der Waals surface area contributed by atoms with Crippen molar-refractivity contribution in [3.63, 3.8) is 0 Å². The monoisotopic (exact) mass is 148 g/mol. The Kier molecular flexibility index (Phi) is 15.0. The van der Waals surface area contributed by atoms with E-state index in [0.717, 1.165) is 11.7 Å². The van der Waals surface area contributed by atoms with Crippen LogP contribution in [0.5, 0.6) is 0 Å². The molecule has 0 aliphatic carbocycles. The van der Waals surface area contributed by atoms with Gasteiger partial charge in [-0.05, 0) is 18.1 Å². The lowest BCUT2D eigenvalue weighted by molar-refractivity contribution is 0.579. The number of rotatable bonds is 3. The fourth-order valence-corrected chi connectivity index (χ4v) is 0.682. The first-order valence-electron chi connectivity index (χ1n) is 3.88. The molecule has 0 saturated carbocycles. The van der Waals surface area contributed by atoms with Crippen molar-refractivity contribution in [2.24, 2.45) is 5.92 Å². The van der Waals surface area contributed by atoms with Gasteiger partial charge in [0.1, 0.15) is 0 Å². The van der Waals surface area contributed by atoms with Crippen LogP contribution in [0.4, 0.5) is 0 Å². The predicted molar refractivity (Wildman–Crippen MR) is 49.3 cm³/mol. The summed E-state index contributed by atoms with van der Waals surface area (Å²) in [4.78, 5) is 0. The number of hydrogen-bond acceptors (Lipinski definition) is 1. The molecule has 0 heterocycles. The molecular formula is C8H20S. The summed E-state index contributed by atoms with van der Waals surface area (Å²) in [5, 5.41) is 0. The normalized spacial score (nSPS) is 8.67. The Morgan fingerprint density at radius 1 is 1.22 bits per heavy atom. The molecule has 0 nitrogen and oxygen atoms in total. The molecule has 0 spiro atoms. The molecule has 0 fully saturated rings.